The molecule has 2 heterocycles. The molecule has 0 atom stereocenters. The van der Waals surface area contributed by atoms with Crippen LogP contribution >= 0.6 is 0 Å². The van der Waals surface area contributed by atoms with Crippen molar-refractivity contribution in [3.8, 4) is 83.8 Å². The lowest BCUT2D eigenvalue weighted by Crippen LogP contribution is -1.96. The van der Waals surface area contributed by atoms with Gasteiger partial charge in [0.1, 0.15) is 0 Å². The predicted octanol–water partition coefficient (Wildman–Crippen LogP) is 15.8. The fraction of sp³-hybridized carbons (Fsp3) is 0. The van der Waals surface area contributed by atoms with E-state index in [1.165, 1.54) is 49.6 Å². The van der Waals surface area contributed by atoms with Gasteiger partial charge in [0.25, 0.3) is 0 Å². The van der Waals surface area contributed by atoms with Crippen molar-refractivity contribution in [1.29, 1.82) is 0 Å². The van der Waals surface area contributed by atoms with E-state index in [9.17, 15) is 0 Å². The molecular weight excluding hydrogens is 737 g/mol. The molecule has 0 aliphatic carbocycles. The number of nitrogens with zero attached hydrogens (tertiary/aromatic N) is 2. The van der Waals surface area contributed by atoms with Gasteiger partial charge in [-0.2, -0.15) is 0 Å². The highest BCUT2D eigenvalue weighted by molar-refractivity contribution is 6.09. The number of fused-ring (bicyclic) bond motifs is 3. The Bertz CT molecular complexity index is 3200. The number of rotatable bonds is 8. The highest BCUT2D eigenvalue weighted by atomic mass is 15.0. The number of aromatic nitrogens is 2. The molecule has 0 aliphatic rings. The van der Waals surface area contributed by atoms with E-state index in [4.69, 9.17) is 4.98 Å². The second-order valence-electron chi connectivity index (χ2n) is 15.6. The van der Waals surface area contributed by atoms with Crippen LogP contribution in [0.15, 0.2) is 243 Å². The number of benzene rings is 9. The molecule has 0 unspecified atom stereocenters. The van der Waals surface area contributed by atoms with Crippen LogP contribution in [0.5, 0.6) is 0 Å². The van der Waals surface area contributed by atoms with E-state index in [0.717, 1.165) is 56.0 Å². The summed E-state index contributed by atoms with van der Waals surface area (Å²) < 4.78 is 2.41. The first-order valence-corrected chi connectivity index (χ1v) is 20.9. The third-order valence-electron chi connectivity index (χ3n) is 11.8. The second kappa shape index (κ2) is 15.6. The molecule has 2 heteroatoms. The van der Waals surface area contributed by atoms with E-state index in [1.54, 1.807) is 0 Å². The third-order valence-corrected chi connectivity index (χ3v) is 11.8. The Labute approximate surface area is 356 Å². The van der Waals surface area contributed by atoms with Crippen LogP contribution in [0, 0.1) is 0 Å². The minimum Gasteiger partial charge on any atom is -0.309 e. The van der Waals surface area contributed by atoms with Gasteiger partial charge in [0.2, 0.25) is 0 Å². The quantitative estimate of drug-likeness (QED) is 0.150. The zero-order valence-electron chi connectivity index (χ0n) is 33.5. The van der Waals surface area contributed by atoms with Crippen LogP contribution < -0.4 is 0 Å². The standard InChI is InChI=1S/C59H40N2/c1-5-17-41(18-6-1)47-33-48(35-49(34-47)52-39-56(45-21-9-3-10-22-45)60-57(40-52)46-23-11-4-12-24-46)43-29-31-44(32-30-43)51-36-50(42-19-7-2-8-20-42)37-53(38-51)61-58-27-15-13-25-54(58)55-26-14-16-28-59(55)61/h1-40H. The molecule has 11 rings (SSSR count). The van der Waals surface area contributed by atoms with Gasteiger partial charge in [0, 0.05) is 27.6 Å². The fourth-order valence-corrected chi connectivity index (χ4v) is 8.73. The summed E-state index contributed by atoms with van der Waals surface area (Å²) >= 11 is 0. The Morgan fingerprint density at radius 1 is 0.230 bits per heavy atom. The topological polar surface area (TPSA) is 17.8 Å². The lowest BCUT2D eigenvalue weighted by molar-refractivity contribution is 1.18. The van der Waals surface area contributed by atoms with Gasteiger partial charge < -0.3 is 4.57 Å². The van der Waals surface area contributed by atoms with Crippen LogP contribution in [0.4, 0.5) is 0 Å². The van der Waals surface area contributed by atoms with Crippen LogP contribution in [0.1, 0.15) is 0 Å². The van der Waals surface area contributed by atoms with Crippen LogP contribution in [0.2, 0.25) is 0 Å². The van der Waals surface area contributed by atoms with Crippen molar-refractivity contribution in [2.75, 3.05) is 0 Å². The van der Waals surface area contributed by atoms with Crippen molar-refractivity contribution >= 4 is 21.8 Å². The summed E-state index contributed by atoms with van der Waals surface area (Å²) in [7, 11) is 0. The average Bonchev–Trinajstić information content (AvgIpc) is 3.69. The Morgan fingerprint density at radius 3 is 0.934 bits per heavy atom. The lowest BCUT2D eigenvalue weighted by Gasteiger charge is -2.15. The molecule has 2 aromatic heterocycles. The number of pyridine rings is 1. The summed E-state index contributed by atoms with van der Waals surface area (Å²) in [5.41, 5.74) is 19.3. The molecule has 0 fully saturated rings. The third kappa shape index (κ3) is 7.01. The van der Waals surface area contributed by atoms with Gasteiger partial charge in [0.15, 0.2) is 0 Å². The largest absolute Gasteiger partial charge is 0.309 e. The molecule has 0 N–H and O–H groups in total. The van der Waals surface area contributed by atoms with Gasteiger partial charge in [0.05, 0.1) is 22.4 Å². The molecule has 0 saturated heterocycles. The van der Waals surface area contributed by atoms with Gasteiger partial charge in [-0.15, -0.1) is 0 Å². The predicted molar refractivity (Wildman–Crippen MR) is 257 cm³/mol. The molecule has 9 aromatic carbocycles. The maximum atomic E-state index is 5.18. The maximum Gasteiger partial charge on any atom is 0.0715 e. The molecule has 0 aliphatic heterocycles. The second-order valence-corrected chi connectivity index (χ2v) is 15.6. The highest BCUT2D eigenvalue weighted by Crippen LogP contribution is 2.39. The molecule has 0 saturated carbocycles. The molecule has 286 valence electrons. The van der Waals surface area contributed by atoms with E-state index in [1.807, 2.05) is 0 Å². The van der Waals surface area contributed by atoms with E-state index in [2.05, 4.69) is 247 Å². The first-order valence-electron chi connectivity index (χ1n) is 20.9. The van der Waals surface area contributed by atoms with Crippen molar-refractivity contribution in [3.63, 3.8) is 0 Å². The highest BCUT2D eigenvalue weighted by Gasteiger charge is 2.16. The molecule has 11 aromatic rings. The van der Waals surface area contributed by atoms with Crippen molar-refractivity contribution in [1.82, 2.24) is 9.55 Å². The van der Waals surface area contributed by atoms with Crippen molar-refractivity contribution < 1.29 is 0 Å². The minimum atomic E-state index is 0.950. The normalized spacial score (nSPS) is 11.3. The van der Waals surface area contributed by atoms with Gasteiger partial charge in [-0.05, 0) is 116 Å². The smallest absolute Gasteiger partial charge is 0.0715 e. The molecular formula is C59H40N2. The molecule has 61 heavy (non-hydrogen) atoms. The SMILES string of the molecule is c1ccc(-c2cc(-c3ccc(-c4cc(-c5ccccc5)cc(-n5c6ccccc6c6ccccc65)c4)cc3)cc(-c3cc(-c4ccccc4)nc(-c4ccccc4)c3)c2)cc1. The Hall–Kier alpha value is -8.07. The molecule has 0 spiro atoms. The molecule has 0 radical (unpaired) electrons. The average molecular weight is 777 g/mol. The van der Waals surface area contributed by atoms with E-state index in [-0.39, 0.29) is 0 Å². The van der Waals surface area contributed by atoms with Gasteiger partial charge in [-0.1, -0.05) is 182 Å². The Balaban J connectivity index is 1.05. The summed E-state index contributed by atoms with van der Waals surface area (Å²) in [5.74, 6) is 0. The summed E-state index contributed by atoms with van der Waals surface area (Å²) in [6.45, 7) is 0. The fourth-order valence-electron chi connectivity index (χ4n) is 8.73. The first kappa shape index (κ1) is 36.0. The van der Waals surface area contributed by atoms with Crippen LogP contribution in [-0.4, -0.2) is 9.55 Å². The Morgan fingerprint density at radius 2 is 0.525 bits per heavy atom. The van der Waals surface area contributed by atoms with Crippen LogP contribution in [-0.2, 0) is 0 Å². The summed E-state index contributed by atoms with van der Waals surface area (Å²) in [4.78, 5) is 5.18. The molecule has 0 amide bonds. The van der Waals surface area contributed by atoms with Gasteiger partial charge >= 0.3 is 0 Å². The zero-order valence-corrected chi connectivity index (χ0v) is 33.5. The lowest BCUT2D eigenvalue weighted by atomic mass is 9.91. The summed E-state index contributed by atoms with van der Waals surface area (Å²) in [6.07, 6.45) is 0. The summed E-state index contributed by atoms with van der Waals surface area (Å²) in [5, 5.41) is 2.51. The van der Waals surface area contributed by atoms with Crippen molar-refractivity contribution in [2.45, 2.75) is 0 Å². The van der Waals surface area contributed by atoms with Crippen LogP contribution in [0.25, 0.3) is 106 Å². The monoisotopic (exact) mass is 776 g/mol. The van der Waals surface area contributed by atoms with Crippen molar-refractivity contribution in [2.24, 2.45) is 0 Å². The van der Waals surface area contributed by atoms with Crippen molar-refractivity contribution in [3.05, 3.63) is 243 Å². The summed E-state index contributed by atoms with van der Waals surface area (Å²) in [6, 6.07) is 87.3. The number of para-hydroxylation sites is 2. The van der Waals surface area contributed by atoms with E-state index >= 15 is 0 Å². The zero-order chi connectivity index (χ0) is 40.5. The Kier molecular flexibility index (Phi) is 9.22. The van der Waals surface area contributed by atoms with Gasteiger partial charge in [-0.25, -0.2) is 4.98 Å². The number of hydrogen-bond donors (Lipinski definition) is 0. The van der Waals surface area contributed by atoms with Crippen LogP contribution in [0.3, 0.4) is 0 Å². The maximum absolute atomic E-state index is 5.18. The molecule has 2 nitrogen and oxygen atoms in total. The van der Waals surface area contributed by atoms with Gasteiger partial charge in [-0.3, -0.25) is 0 Å². The first-order chi connectivity index (χ1) is 30.2. The minimum absolute atomic E-state index is 0.950. The molecule has 0 bridgehead atoms. The van der Waals surface area contributed by atoms with E-state index < -0.39 is 0 Å². The number of hydrogen-bond acceptors (Lipinski definition) is 1. The van der Waals surface area contributed by atoms with E-state index in [0.29, 0.717) is 0 Å².